The summed E-state index contributed by atoms with van der Waals surface area (Å²) in [6.07, 6.45) is 2.05. The van der Waals surface area contributed by atoms with E-state index in [0.717, 1.165) is 17.3 Å². The predicted molar refractivity (Wildman–Crippen MR) is 106 cm³/mol. The zero-order chi connectivity index (χ0) is 18.1. The van der Waals surface area contributed by atoms with Gasteiger partial charge in [0.25, 0.3) is 0 Å². The van der Waals surface area contributed by atoms with E-state index in [2.05, 4.69) is 14.1 Å². The molecule has 7 heteroatoms. The van der Waals surface area contributed by atoms with Crippen molar-refractivity contribution < 1.29 is 23.9 Å². The number of rotatable bonds is 4. The van der Waals surface area contributed by atoms with Gasteiger partial charge in [-0.1, -0.05) is 19.6 Å². The molecule has 2 bridgehead atoms. The summed E-state index contributed by atoms with van der Waals surface area (Å²) in [5.41, 5.74) is -1.72. The van der Waals surface area contributed by atoms with Crippen molar-refractivity contribution in [1.29, 1.82) is 0 Å². The molecule has 1 N–H and O–H groups in total. The molecule has 3 fully saturated rings. The molecule has 5 rings (SSSR count). The first kappa shape index (κ1) is 19.1. The second-order valence-electron chi connectivity index (χ2n) is 7.99. The molecule has 4 unspecified atom stereocenters. The fourth-order valence-corrected chi connectivity index (χ4v) is 6.54. The quantitative estimate of drug-likeness (QED) is 0.480. The fraction of sp³-hybridized carbons (Fsp3) is 0.550. The number of esters is 1. The summed E-state index contributed by atoms with van der Waals surface area (Å²) in [5.74, 6) is -0.561. The number of carbonyl (C=O) groups excluding carboxylic acids is 1. The zero-order valence-corrected chi connectivity index (χ0v) is 16.3. The van der Waals surface area contributed by atoms with Crippen LogP contribution in [0.4, 0.5) is 0 Å². The third-order valence-electron chi connectivity index (χ3n) is 6.36. The maximum Gasteiger partial charge on any atom is 0.349 e. The molecule has 27 heavy (non-hydrogen) atoms. The highest BCUT2D eigenvalue weighted by atomic mass is 32.1. The monoisotopic (exact) mass is 408 g/mol. The van der Waals surface area contributed by atoms with Gasteiger partial charge in [-0.3, -0.25) is 0 Å². The summed E-state index contributed by atoms with van der Waals surface area (Å²) in [6, 6.07) is 8.01. The number of aliphatic hydroxyl groups is 1. The Hall–Kier alpha value is -1.25. The number of fused-ring (bicyclic) bond motifs is 5. The van der Waals surface area contributed by atoms with Crippen LogP contribution in [0.5, 0.6) is 0 Å². The standard InChI is InChI=1S/C19H22NO4S2.CH4/c1-20(2)12-9-11(10-13(20)17-16(12)24-17)23-18(21)19(22,14-5-3-7-25-14)15-6-4-8-26-15;/h3-8,11-13,16-17,22H,9-10H2,1-2H3;1H4/q+1;/t11?,12?,13?,16-,17?;/m1./s1. The van der Waals surface area contributed by atoms with E-state index in [4.69, 9.17) is 9.47 Å². The number of carbonyl (C=O) groups is 1. The van der Waals surface area contributed by atoms with E-state index in [1.54, 1.807) is 12.1 Å². The largest absolute Gasteiger partial charge is 0.459 e. The molecular weight excluding hydrogens is 382 g/mol. The molecule has 0 radical (unpaired) electrons. The number of hydrogen-bond donors (Lipinski definition) is 1. The molecular formula is C20H26NO4S2+. The maximum atomic E-state index is 13.1. The van der Waals surface area contributed by atoms with E-state index in [-0.39, 0.29) is 13.5 Å². The summed E-state index contributed by atoms with van der Waals surface area (Å²) >= 11 is 2.74. The minimum absolute atomic E-state index is 0. The van der Waals surface area contributed by atoms with Crippen molar-refractivity contribution in [3.63, 3.8) is 0 Å². The summed E-state index contributed by atoms with van der Waals surface area (Å²) in [7, 11) is 4.49. The summed E-state index contributed by atoms with van der Waals surface area (Å²) in [6.45, 7) is 0. The molecule has 3 saturated heterocycles. The minimum Gasteiger partial charge on any atom is -0.459 e. The van der Waals surface area contributed by atoms with E-state index in [1.165, 1.54) is 22.7 Å². The van der Waals surface area contributed by atoms with Crippen LogP contribution in [-0.2, 0) is 19.9 Å². The van der Waals surface area contributed by atoms with Crippen molar-refractivity contribution in [2.24, 2.45) is 0 Å². The molecule has 0 aromatic carbocycles. The molecule has 146 valence electrons. The lowest BCUT2D eigenvalue weighted by molar-refractivity contribution is -0.938. The topological polar surface area (TPSA) is 59.1 Å². The second-order valence-corrected chi connectivity index (χ2v) is 9.89. The van der Waals surface area contributed by atoms with Gasteiger partial charge in [-0.25, -0.2) is 4.79 Å². The average Bonchev–Trinajstić information content (AvgIpc) is 2.98. The molecule has 5 heterocycles. The van der Waals surface area contributed by atoms with Crippen LogP contribution in [0.15, 0.2) is 35.0 Å². The molecule has 0 spiro atoms. The van der Waals surface area contributed by atoms with Crippen LogP contribution >= 0.6 is 22.7 Å². The first-order valence-electron chi connectivity index (χ1n) is 8.92. The third kappa shape index (κ3) is 2.71. The Bertz CT molecular complexity index is 763. The molecule has 0 amide bonds. The lowest BCUT2D eigenvalue weighted by atomic mass is 9.95. The van der Waals surface area contributed by atoms with E-state index in [0.29, 0.717) is 34.0 Å². The van der Waals surface area contributed by atoms with Crippen LogP contribution < -0.4 is 0 Å². The van der Waals surface area contributed by atoms with Gasteiger partial charge in [-0.2, -0.15) is 0 Å². The van der Waals surface area contributed by atoms with Gasteiger partial charge in [0.15, 0.2) is 0 Å². The zero-order valence-electron chi connectivity index (χ0n) is 14.7. The number of nitrogens with zero attached hydrogens (tertiary/aromatic N) is 1. The smallest absolute Gasteiger partial charge is 0.349 e. The normalized spacial score (nSPS) is 33.1. The molecule has 5 atom stereocenters. The van der Waals surface area contributed by atoms with Crippen LogP contribution in [-0.4, -0.2) is 60.0 Å². The third-order valence-corrected chi connectivity index (χ3v) is 8.32. The molecule has 0 aliphatic carbocycles. The summed E-state index contributed by atoms with van der Waals surface area (Å²) < 4.78 is 12.6. The number of morpholine rings is 1. The number of quaternary nitrogens is 1. The van der Waals surface area contributed by atoms with E-state index in [1.807, 2.05) is 22.9 Å². The lowest BCUT2D eigenvalue weighted by Crippen LogP contribution is -2.60. The van der Waals surface area contributed by atoms with Crippen LogP contribution in [0, 0.1) is 0 Å². The van der Waals surface area contributed by atoms with Crippen molar-refractivity contribution >= 4 is 28.6 Å². The van der Waals surface area contributed by atoms with Crippen molar-refractivity contribution in [1.82, 2.24) is 0 Å². The molecule has 5 nitrogen and oxygen atoms in total. The van der Waals surface area contributed by atoms with Crippen LogP contribution in [0.3, 0.4) is 0 Å². The van der Waals surface area contributed by atoms with Crippen molar-refractivity contribution in [3.8, 4) is 0 Å². The van der Waals surface area contributed by atoms with Gasteiger partial charge in [0.05, 0.1) is 23.8 Å². The van der Waals surface area contributed by atoms with Gasteiger partial charge < -0.3 is 19.1 Å². The Balaban J connectivity index is 0.00000180. The molecule has 0 saturated carbocycles. The van der Waals surface area contributed by atoms with Gasteiger partial charge in [0.2, 0.25) is 5.60 Å². The van der Waals surface area contributed by atoms with E-state index >= 15 is 0 Å². The second kappa shape index (κ2) is 6.39. The van der Waals surface area contributed by atoms with Crippen LogP contribution in [0.2, 0.25) is 0 Å². The number of epoxide rings is 1. The predicted octanol–water partition coefficient (Wildman–Crippen LogP) is 2.98. The number of thiophene rings is 2. The number of hydrogen-bond acceptors (Lipinski definition) is 6. The Morgan fingerprint density at radius 1 is 1.15 bits per heavy atom. The first-order valence-corrected chi connectivity index (χ1v) is 10.7. The van der Waals surface area contributed by atoms with Gasteiger partial charge in [0, 0.05) is 12.8 Å². The lowest BCUT2D eigenvalue weighted by Gasteiger charge is -2.45. The van der Waals surface area contributed by atoms with E-state index in [9.17, 15) is 9.90 Å². The van der Waals surface area contributed by atoms with Crippen molar-refractivity contribution in [2.75, 3.05) is 14.1 Å². The molecule has 3 aliphatic heterocycles. The number of likely N-dealkylation sites (N-methyl/N-ethyl adjacent to an activating group) is 1. The fourth-order valence-electron chi connectivity index (χ4n) is 4.83. The van der Waals surface area contributed by atoms with E-state index < -0.39 is 11.6 Å². The first-order chi connectivity index (χ1) is 12.4. The molecule has 2 aromatic heterocycles. The highest BCUT2D eigenvalue weighted by Crippen LogP contribution is 2.52. The van der Waals surface area contributed by atoms with Gasteiger partial charge in [-0.15, -0.1) is 22.7 Å². The summed E-state index contributed by atoms with van der Waals surface area (Å²) in [4.78, 5) is 14.3. The van der Waals surface area contributed by atoms with Crippen LogP contribution in [0.25, 0.3) is 0 Å². The van der Waals surface area contributed by atoms with Crippen molar-refractivity contribution in [2.45, 2.75) is 56.3 Å². The van der Waals surface area contributed by atoms with Crippen molar-refractivity contribution in [3.05, 3.63) is 44.8 Å². The van der Waals surface area contributed by atoms with Gasteiger partial charge >= 0.3 is 5.97 Å². The number of ether oxygens (including phenoxy) is 2. The Labute approximate surface area is 167 Å². The highest BCUT2D eigenvalue weighted by molar-refractivity contribution is 7.12. The SMILES string of the molecule is C.C[N+]1(C)C2CC(OC(=O)C(O)(c3cccs3)c3cccs3)CC1[C@H]1OC21. The number of piperidine rings is 1. The Kier molecular flexibility index (Phi) is 4.51. The molecule has 2 aromatic rings. The Morgan fingerprint density at radius 3 is 2.11 bits per heavy atom. The van der Waals surface area contributed by atoms with Crippen LogP contribution in [0.1, 0.15) is 30.0 Å². The highest BCUT2D eigenvalue weighted by Gasteiger charge is 2.71. The molecule has 3 aliphatic rings. The van der Waals surface area contributed by atoms with Gasteiger partial charge in [0.1, 0.15) is 30.4 Å². The maximum absolute atomic E-state index is 13.1. The minimum atomic E-state index is -1.72. The Morgan fingerprint density at radius 2 is 1.67 bits per heavy atom. The van der Waals surface area contributed by atoms with Gasteiger partial charge in [-0.05, 0) is 22.9 Å². The average molecular weight is 409 g/mol. The summed E-state index contributed by atoms with van der Waals surface area (Å²) in [5, 5.41) is 15.1.